The van der Waals surface area contributed by atoms with Crippen molar-refractivity contribution in [1.29, 1.82) is 0 Å². The molecule has 0 aliphatic heterocycles. The first-order valence-corrected chi connectivity index (χ1v) is 5.98. The number of hydrogen-bond donors (Lipinski definition) is 1. The number of aryl methyl sites for hydroxylation is 1. The van der Waals surface area contributed by atoms with Gasteiger partial charge in [0, 0.05) is 10.9 Å². The molecule has 0 saturated heterocycles. The van der Waals surface area contributed by atoms with Gasteiger partial charge in [0.1, 0.15) is 12.0 Å². The Morgan fingerprint density at radius 3 is 2.89 bits per heavy atom. The Balaban J connectivity index is 2.00. The van der Waals surface area contributed by atoms with Crippen LogP contribution in [0.4, 0.5) is 11.5 Å². The van der Waals surface area contributed by atoms with Crippen LogP contribution in [0.2, 0.25) is 0 Å². The standard InChI is InChI=1S/C11H10N4O2S/c1-8-4-5-18-10(8)7-13-14-11-3-2-9(6-12-11)15(16)17/h2-7H,1H3,(H,12,14)/b13-7+. The van der Waals surface area contributed by atoms with Crippen LogP contribution in [-0.2, 0) is 0 Å². The van der Waals surface area contributed by atoms with Crippen LogP contribution in [0.5, 0.6) is 0 Å². The highest BCUT2D eigenvalue weighted by Crippen LogP contribution is 2.14. The van der Waals surface area contributed by atoms with Crippen LogP contribution in [0.25, 0.3) is 0 Å². The Morgan fingerprint density at radius 2 is 2.33 bits per heavy atom. The minimum Gasteiger partial charge on any atom is -0.261 e. The number of pyridine rings is 1. The molecule has 18 heavy (non-hydrogen) atoms. The molecule has 0 bridgehead atoms. The predicted molar refractivity (Wildman–Crippen MR) is 71.2 cm³/mol. The van der Waals surface area contributed by atoms with Gasteiger partial charge in [-0.25, -0.2) is 4.98 Å². The van der Waals surface area contributed by atoms with E-state index in [9.17, 15) is 10.1 Å². The summed E-state index contributed by atoms with van der Waals surface area (Å²) in [5, 5.41) is 16.4. The normalized spacial score (nSPS) is 10.7. The number of thiophene rings is 1. The van der Waals surface area contributed by atoms with E-state index in [2.05, 4.69) is 15.5 Å². The van der Waals surface area contributed by atoms with E-state index in [1.54, 1.807) is 17.6 Å². The van der Waals surface area contributed by atoms with E-state index >= 15 is 0 Å². The molecule has 2 rings (SSSR count). The number of nitrogens with zero attached hydrogens (tertiary/aromatic N) is 3. The molecular weight excluding hydrogens is 252 g/mol. The first-order valence-electron chi connectivity index (χ1n) is 5.10. The van der Waals surface area contributed by atoms with Gasteiger partial charge in [0.25, 0.3) is 5.69 Å². The van der Waals surface area contributed by atoms with E-state index in [-0.39, 0.29) is 5.69 Å². The largest absolute Gasteiger partial charge is 0.287 e. The van der Waals surface area contributed by atoms with Gasteiger partial charge in [0.2, 0.25) is 0 Å². The first kappa shape index (κ1) is 12.2. The molecule has 0 aromatic carbocycles. The van der Waals surface area contributed by atoms with E-state index < -0.39 is 4.92 Å². The van der Waals surface area contributed by atoms with Crippen LogP contribution in [0.15, 0.2) is 34.9 Å². The van der Waals surface area contributed by atoms with Crippen molar-refractivity contribution in [3.8, 4) is 0 Å². The van der Waals surface area contributed by atoms with E-state index in [0.717, 1.165) is 10.4 Å². The van der Waals surface area contributed by atoms with Gasteiger partial charge in [-0.2, -0.15) is 5.10 Å². The van der Waals surface area contributed by atoms with Gasteiger partial charge in [0.05, 0.1) is 11.1 Å². The van der Waals surface area contributed by atoms with Gasteiger partial charge in [-0.15, -0.1) is 11.3 Å². The molecule has 1 N–H and O–H groups in total. The highest BCUT2D eigenvalue weighted by atomic mass is 32.1. The molecule has 2 aromatic heterocycles. The third-order valence-corrected chi connectivity index (χ3v) is 3.17. The number of hydrogen-bond acceptors (Lipinski definition) is 6. The summed E-state index contributed by atoms with van der Waals surface area (Å²) in [7, 11) is 0. The molecule has 6 nitrogen and oxygen atoms in total. The monoisotopic (exact) mass is 262 g/mol. The van der Waals surface area contributed by atoms with E-state index in [1.807, 2.05) is 18.4 Å². The second kappa shape index (κ2) is 5.37. The fourth-order valence-corrected chi connectivity index (χ4v) is 2.02. The fourth-order valence-electron chi connectivity index (χ4n) is 1.23. The lowest BCUT2D eigenvalue weighted by Crippen LogP contribution is -1.94. The van der Waals surface area contributed by atoms with Crippen molar-refractivity contribution in [2.75, 3.05) is 5.43 Å². The van der Waals surface area contributed by atoms with Gasteiger partial charge in [0.15, 0.2) is 0 Å². The van der Waals surface area contributed by atoms with E-state index in [1.165, 1.54) is 18.3 Å². The van der Waals surface area contributed by atoms with Crippen LogP contribution in [0.3, 0.4) is 0 Å². The summed E-state index contributed by atoms with van der Waals surface area (Å²) in [6, 6.07) is 4.90. The molecule has 2 heterocycles. The molecule has 0 fully saturated rings. The predicted octanol–water partition coefficient (Wildman–Crippen LogP) is 2.81. The zero-order chi connectivity index (χ0) is 13.0. The number of nitro groups is 1. The van der Waals surface area contributed by atoms with Gasteiger partial charge >= 0.3 is 0 Å². The molecule has 2 aromatic rings. The van der Waals surface area contributed by atoms with Crippen molar-refractivity contribution in [3.63, 3.8) is 0 Å². The third kappa shape index (κ3) is 2.89. The van der Waals surface area contributed by atoms with Gasteiger partial charge in [-0.1, -0.05) is 0 Å². The van der Waals surface area contributed by atoms with Gasteiger partial charge in [-0.3, -0.25) is 15.5 Å². The van der Waals surface area contributed by atoms with Crippen molar-refractivity contribution in [2.24, 2.45) is 5.10 Å². The highest BCUT2D eigenvalue weighted by molar-refractivity contribution is 7.11. The van der Waals surface area contributed by atoms with Crippen LogP contribution >= 0.6 is 11.3 Å². The Morgan fingerprint density at radius 1 is 1.50 bits per heavy atom. The molecule has 0 atom stereocenters. The maximum absolute atomic E-state index is 10.4. The fraction of sp³-hybridized carbons (Fsp3) is 0.0909. The minimum absolute atomic E-state index is 0.0429. The number of anilines is 1. The summed E-state index contributed by atoms with van der Waals surface area (Å²) in [5.74, 6) is 0.464. The maximum Gasteiger partial charge on any atom is 0.287 e. The SMILES string of the molecule is Cc1ccsc1/C=N/Nc1ccc([N+](=O)[O-])cn1. The highest BCUT2D eigenvalue weighted by Gasteiger charge is 2.04. The topological polar surface area (TPSA) is 80.4 Å². The van der Waals surface area contributed by atoms with Crippen LogP contribution in [0.1, 0.15) is 10.4 Å². The number of aromatic nitrogens is 1. The molecule has 0 saturated carbocycles. The quantitative estimate of drug-likeness (QED) is 0.522. The van der Waals surface area contributed by atoms with Crippen LogP contribution in [0, 0.1) is 17.0 Å². The molecule has 0 unspecified atom stereocenters. The Kier molecular flexibility index (Phi) is 3.63. The molecule has 0 aliphatic carbocycles. The zero-order valence-corrected chi connectivity index (χ0v) is 10.3. The van der Waals surface area contributed by atoms with Crippen molar-refractivity contribution in [2.45, 2.75) is 6.92 Å². The summed E-state index contributed by atoms with van der Waals surface area (Å²) in [6.45, 7) is 2.00. The number of nitrogens with one attached hydrogen (secondary N) is 1. The number of rotatable bonds is 4. The van der Waals surface area contributed by atoms with Crippen molar-refractivity contribution in [1.82, 2.24) is 4.98 Å². The molecule has 7 heteroatoms. The smallest absolute Gasteiger partial charge is 0.261 e. The zero-order valence-electron chi connectivity index (χ0n) is 9.53. The second-order valence-corrected chi connectivity index (χ2v) is 4.44. The summed E-state index contributed by atoms with van der Waals surface area (Å²) < 4.78 is 0. The van der Waals surface area contributed by atoms with Gasteiger partial charge in [-0.05, 0) is 30.0 Å². The molecular formula is C11H10N4O2S. The third-order valence-electron chi connectivity index (χ3n) is 2.22. The summed E-state index contributed by atoms with van der Waals surface area (Å²) in [5.41, 5.74) is 3.83. The van der Waals surface area contributed by atoms with Crippen molar-refractivity contribution >= 4 is 29.1 Å². The summed E-state index contributed by atoms with van der Waals surface area (Å²) >= 11 is 1.59. The van der Waals surface area contributed by atoms with E-state index in [0.29, 0.717) is 5.82 Å². The molecule has 0 aliphatic rings. The average Bonchev–Trinajstić information content (AvgIpc) is 2.76. The molecule has 0 amide bonds. The average molecular weight is 262 g/mol. The maximum atomic E-state index is 10.4. The van der Waals surface area contributed by atoms with Crippen molar-refractivity contribution in [3.05, 3.63) is 50.3 Å². The van der Waals surface area contributed by atoms with Crippen LogP contribution < -0.4 is 5.43 Å². The van der Waals surface area contributed by atoms with Crippen molar-refractivity contribution < 1.29 is 4.92 Å². The molecule has 0 radical (unpaired) electrons. The minimum atomic E-state index is -0.491. The Hall–Kier alpha value is -2.28. The first-order chi connectivity index (χ1) is 8.66. The Bertz CT molecular complexity index is 577. The lowest BCUT2D eigenvalue weighted by Gasteiger charge is -1.97. The van der Waals surface area contributed by atoms with E-state index in [4.69, 9.17) is 0 Å². The summed E-state index contributed by atoms with van der Waals surface area (Å²) in [6.07, 6.45) is 2.89. The van der Waals surface area contributed by atoms with Crippen LogP contribution in [-0.4, -0.2) is 16.1 Å². The lowest BCUT2D eigenvalue weighted by molar-refractivity contribution is -0.385. The Labute approximate surface area is 107 Å². The second-order valence-electron chi connectivity index (χ2n) is 3.50. The summed E-state index contributed by atoms with van der Waals surface area (Å²) in [4.78, 5) is 14.9. The number of hydrazone groups is 1. The molecule has 0 spiro atoms. The molecule has 92 valence electrons. The lowest BCUT2D eigenvalue weighted by atomic mass is 10.3. The van der Waals surface area contributed by atoms with Gasteiger partial charge < -0.3 is 0 Å².